The molecule has 0 unspecified atom stereocenters. The number of para-hydroxylation sites is 1. The van der Waals surface area contributed by atoms with E-state index in [4.69, 9.17) is 4.74 Å². The van der Waals surface area contributed by atoms with Gasteiger partial charge < -0.3 is 15.2 Å². The van der Waals surface area contributed by atoms with E-state index < -0.39 is 27.8 Å². The number of nitro groups is 1. The van der Waals surface area contributed by atoms with Crippen LogP contribution in [0.15, 0.2) is 18.2 Å². The third-order valence-electron chi connectivity index (χ3n) is 2.41. The fourth-order valence-electron chi connectivity index (χ4n) is 1.63. The minimum absolute atomic E-state index is 0.140. The second-order valence-corrected chi connectivity index (χ2v) is 4.70. The first-order valence-electron chi connectivity index (χ1n) is 5.56. The Bertz CT molecular complexity index is 499. The smallest absolute Gasteiger partial charge is 0.311 e. The molecule has 1 aromatic rings. The van der Waals surface area contributed by atoms with Gasteiger partial charge in [-0.2, -0.15) is 0 Å². The van der Waals surface area contributed by atoms with Crippen molar-refractivity contribution in [3.63, 3.8) is 0 Å². The minimum Gasteiger partial charge on any atom is -0.502 e. The number of hydrogen-bond donors (Lipinski definition) is 2. The van der Waals surface area contributed by atoms with E-state index in [-0.39, 0.29) is 12.2 Å². The number of aromatic hydroxyl groups is 1. The van der Waals surface area contributed by atoms with Crippen LogP contribution in [-0.4, -0.2) is 35.2 Å². The molecular weight excluding hydrogens is 252 g/mol. The lowest BCUT2D eigenvalue weighted by atomic mass is 10.1. The number of nitrogens with one attached hydrogen (secondary N) is 1. The van der Waals surface area contributed by atoms with E-state index in [9.17, 15) is 20.0 Å². The van der Waals surface area contributed by atoms with E-state index in [1.54, 1.807) is 13.8 Å². The van der Waals surface area contributed by atoms with Crippen LogP contribution in [0.5, 0.6) is 5.75 Å². The SMILES string of the molecule is COCC(C)(C)NC(=O)c1cccc([N+](=O)[O-])c1O. The number of methoxy groups -OCH3 is 1. The number of carbonyl (C=O) groups is 1. The first-order valence-corrected chi connectivity index (χ1v) is 5.56. The number of nitrogens with zero attached hydrogens (tertiary/aromatic N) is 1. The summed E-state index contributed by atoms with van der Waals surface area (Å²) in [6, 6.07) is 3.79. The Labute approximate surface area is 110 Å². The van der Waals surface area contributed by atoms with Crippen molar-refractivity contribution >= 4 is 11.6 Å². The van der Waals surface area contributed by atoms with Gasteiger partial charge in [-0.15, -0.1) is 0 Å². The average Bonchev–Trinajstić information content (AvgIpc) is 2.27. The number of amides is 1. The van der Waals surface area contributed by atoms with Crippen LogP contribution in [-0.2, 0) is 4.74 Å². The Morgan fingerprint density at radius 3 is 2.68 bits per heavy atom. The summed E-state index contributed by atoms with van der Waals surface area (Å²) in [4.78, 5) is 21.9. The molecule has 0 aliphatic heterocycles. The highest BCUT2D eigenvalue weighted by molar-refractivity contribution is 5.98. The Morgan fingerprint density at radius 1 is 1.53 bits per heavy atom. The van der Waals surface area contributed by atoms with Crippen molar-refractivity contribution < 1.29 is 19.6 Å². The lowest BCUT2D eigenvalue weighted by molar-refractivity contribution is -0.385. The molecule has 104 valence electrons. The summed E-state index contributed by atoms with van der Waals surface area (Å²) in [5.74, 6) is -1.23. The predicted octanol–water partition coefficient (Wildman–Crippen LogP) is 1.46. The van der Waals surface area contributed by atoms with Crippen LogP contribution in [0, 0.1) is 10.1 Å². The lowest BCUT2D eigenvalue weighted by Gasteiger charge is -2.25. The summed E-state index contributed by atoms with van der Waals surface area (Å²) < 4.78 is 4.95. The second-order valence-electron chi connectivity index (χ2n) is 4.70. The van der Waals surface area contributed by atoms with E-state index in [1.165, 1.54) is 19.2 Å². The Hall–Kier alpha value is -2.15. The largest absolute Gasteiger partial charge is 0.502 e. The highest BCUT2D eigenvalue weighted by Gasteiger charge is 2.25. The number of phenols is 1. The molecule has 1 amide bonds. The van der Waals surface area contributed by atoms with E-state index in [2.05, 4.69) is 5.32 Å². The van der Waals surface area contributed by atoms with Crippen LogP contribution in [0.25, 0.3) is 0 Å². The summed E-state index contributed by atoms with van der Waals surface area (Å²) in [5, 5.41) is 23.0. The molecule has 0 bridgehead atoms. The molecular formula is C12H16N2O5. The Morgan fingerprint density at radius 2 is 2.16 bits per heavy atom. The van der Waals surface area contributed by atoms with Crippen molar-refractivity contribution in [1.29, 1.82) is 0 Å². The van der Waals surface area contributed by atoms with Crippen LogP contribution in [0.1, 0.15) is 24.2 Å². The average molecular weight is 268 g/mol. The molecule has 0 heterocycles. The summed E-state index contributed by atoms with van der Waals surface area (Å²) in [5.41, 5.74) is -1.29. The molecule has 1 aromatic carbocycles. The molecule has 19 heavy (non-hydrogen) atoms. The predicted molar refractivity (Wildman–Crippen MR) is 68.2 cm³/mol. The molecule has 0 aliphatic carbocycles. The van der Waals surface area contributed by atoms with Gasteiger partial charge in [0.15, 0.2) is 0 Å². The molecule has 0 atom stereocenters. The van der Waals surface area contributed by atoms with Gasteiger partial charge in [-0.25, -0.2) is 0 Å². The van der Waals surface area contributed by atoms with Crippen molar-refractivity contribution in [2.24, 2.45) is 0 Å². The van der Waals surface area contributed by atoms with Crippen LogP contribution >= 0.6 is 0 Å². The Kier molecular flexibility index (Phi) is 4.44. The number of nitro benzene ring substituents is 1. The first-order chi connectivity index (χ1) is 8.78. The molecule has 0 aliphatic rings. The molecule has 0 radical (unpaired) electrons. The summed E-state index contributed by atoms with van der Waals surface area (Å²) in [7, 11) is 1.50. The lowest BCUT2D eigenvalue weighted by Crippen LogP contribution is -2.46. The van der Waals surface area contributed by atoms with Gasteiger partial charge in [-0.1, -0.05) is 6.07 Å². The van der Waals surface area contributed by atoms with Crippen LogP contribution in [0.3, 0.4) is 0 Å². The standard InChI is InChI=1S/C12H16N2O5/c1-12(2,7-19-3)13-11(16)8-5-4-6-9(10(8)15)14(17)18/h4-6,15H,7H2,1-3H3,(H,13,16). The first kappa shape index (κ1) is 14.9. The molecule has 0 saturated heterocycles. The summed E-state index contributed by atoms with van der Waals surface area (Å²) >= 11 is 0. The third-order valence-corrected chi connectivity index (χ3v) is 2.41. The van der Waals surface area contributed by atoms with E-state index in [1.807, 2.05) is 0 Å². The number of carbonyl (C=O) groups excluding carboxylic acids is 1. The van der Waals surface area contributed by atoms with Crippen molar-refractivity contribution in [2.75, 3.05) is 13.7 Å². The van der Waals surface area contributed by atoms with Crippen molar-refractivity contribution in [3.05, 3.63) is 33.9 Å². The van der Waals surface area contributed by atoms with Gasteiger partial charge >= 0.3 is 5.69 Å². The van der Waals surface area contributed by atoms with Crippen LogP contribution in [0.2, 0.25) is 0 Å². The molecule has 2 N–H and O–H groups in total. The second kappa shape index (κ2) is 5.66. The maximum Gasteiger partial charge on any atom is 0.311 e. The van der Waals surface area contributed by atoms with Gasteiger partial charge in [0.05, 0.1) is 22.6 Å². The highest BCUT2D eigenvalue weighted by Crippen LogP contribution is 2.29. The maximum atomic E-state index is 12.0. The zero-order valence-corrected chi connectivity index (χ0v) is 11.0. The zero-order valence-electron chi connectivity index (χ0n) is 11.0. The van der Waals surface area contributed by atoms with Gasteiger partial charge in [0.1, 0.15) is 0 Å². The number of phenolic OH excluding ortho intramolecular Hbond substituents is 1. The summed E-state index contributed by atoms with van der Waals surface area (Å²) in [6.45, 7) is 3.75. The fraction of sp³-hybridized carbons (Fsp3) is 0.417. The molecule has 1 rings (SSSR count). The van der Waals surface area contributed by atoms with Gasteiger partial charge in [0.2, 0.25) is 5.75 Å². The van der Waals surface area contributed by atoms with E-state index in [0.29, 0.717) is 0 Å². The van der Waals surface area contributed by atoms with Gasteiger partial charge in [0.25, 0.3) is 5.91 Å². The Balaban J connectivity index is 3.01. The van der Waals surface area contributed by atoms with Gasteiger partial charge in [0, 0.05) is 13.2 Å². The number of benzene rings is 1. The van der Waals surface area contributed by atoms with Crippen molar-refractivity contribution in [3.8, 4) is 5.75 Å². The van der Waals surface area contributed by atoms with Crippen LogP contribution < -0.4 is 5.32 Å². The highest BCUT2D eigenvalue weighted by atomic mass is 16.6. The fourth-order valence-corrected chi connectivity index (χ4v) is 1.63. The number of ether oxygens (including phenoxy) is 1. The minimum atomic E-state index is -0.744. The maximum absolute atomic E-state index is 12.0. The summed E-state index contributed by atoms with van der Waals surface area (Å²) in [6.07, 6.45) is 0. The molecule has 0 spiro atoms. The zero-order chi connectivity index (χ0) is 14.6. The molecule has 7 nitrogen and oxygen atoms in total. The number of hydrogen-bond acceptors (Lipinski definition) is 5. The van der Waals surface area contributed by atoms with Gasteiger partial charge in [-0.3, -0.25) is 14.9 Å². The van der Waals surface area contributed by atoms with Gasteiger partial charge in [-0.05, 0) is 19.9 Å². The number of rotatable bonds is 5. The van der Waals surface area contributed by atoms with Crippen molar-refractivity contribution in [2.45, 2.75) is 19.4 Å². The van der Waals surface area contributed by atoms with E-state index in [0.717, 1.165) is 6.07 Å². The molecule has 7 heteroatoms. The molecule has 0 saturated carbocycles. The third kappa shape index (κ3) is 3.65. The topological polar surface area (TPSA) is 102 Å². The van der Waals surface area contributed by atoms with Crippen molar-refractivity contribution in [1.82, 2.24) is 5.32 Å². The van der Waals surface area contributed by atoms with Crippen LogP contribution in [0.4, 0.5) is 5.69 Å². The van der Waals surface area contributed by atoms with E-state index >= 15 is 0 Å². The molecule has 0 aromatic heterocycles. The monoisotopic (exact) mass is 268 g/mol. The quantitative estimate of drug-likeness (QED) is 0.621. The normalized spacial score (nSPS) is 11.1. The molecule has 0 fully saturated rings.